The second-order valence-corrected chi connectivity index (χ2v) is 3.95. The maximum absolute atomic E-state index is 13.9. The SMILES string of the molecule is COc1ccccc1-c1cc(C(C)=O)ccc1F. The van der Waals surface area contributed by atoms with Gasteiger partial charge in [-0.25, -0.2) is 4.39 Å². The minimum absolute atomic E-state index is 0.0915. The molecular formula is C15H13FO2. The molecule has 0 aromatic heterocycles. The Balaban J connectivity index is 2.62. The largest absolute Gasteiger partial charge is 0.496 e. The third-order valence-corrected chi connectivity index (χ3v) is 2.77. The molecule has 2 rings (SSSR count). The lowest BCUT2D eigenvalue weighted by molar-refractivity contribution is 0.101. The Hall–Kier alpha value is -2.16. The van der Waals surface area contributed by atoms with Gasteiger partial charge in [-0.3, -0.25) is 4.79 Å². The Kier molecular flexibility index (Phi) is 3.42. The van der Waals surface area contributed by atoms with Gasteiger partial charge in [0.2, 0.25) is 0 Å². The number of carbonyl (C=O) groups excluding carboxylic acids is 1. The fourth-order valence-corrected chi connectivity index (χ4v) is 1.82. The van der Waals surface area contributed by atoms with Crippen molar-refractivity contribution in [3.05, 3.63) is 53.8 Å². The third kappa shape index (κ3) is 2.25. The van der Waals surface area contributed by atoms with Gasteiger partial charge >= 0.3 is 0 Å². The molecule has 0 aliphatic rings. The molecule has 0 unspecified atom stereocenters. The molecule has 2 nitrogen and oxygen atoms in total. The molecule has 2 aromatic rings. The van der Waals surface area contributed by atoms with Gasteiger partial charge in [0.25, 0.3) is 0 Å². The molecule has 0 N–H and O–H groups in total. The first-order valence-corrected chi connectivity index (χ1v) is 5.57. The lowest BCUT2D eigenvalue weighted by Gasteiger charge is -2.10. The van der Waals surface area contributed by atoms with Gasteiger partial charge in [-0.05, 0) is 31.2 Å². The second kappa shape index (κ2) is 5.00. The Labute approximate surface area is 105 Å². The third-order valence-electron chi connectivity index (χ3n) is 2.77. The fourth-order valence-electron chi connectivity index (χ4n) is 1.82. The van der Waals surface area contributed by atoms with Crippen LogP contribution in [0.15, 0.2) is 42.5 Å². The average molecular weight is 244 g/mol. The zero-order valence-electron chi connectivity index (χ0n) is 10.2. The van der Waals surface area contributed by atoms with Crippen molar-refractivity contribution in [1.82, 2.24) is 0 Å². The van der Waals surface area contributed by atoms with E-state index in [0.29, 0.717) is 22.4 Å². The van der Waals surface area contributed by atoms with Crippen LogP contribution < -0.4 is 4.74 Å². The first kappa shape index (κ1) is 12.3. The predicted octanol–water partition coefficient (Wildman–Crippen LogP) is 3.70. The van der Waals surface area contributed by atoms with Crippen molar-refractivity contribution in [2.24, 2.45) is 0 Å². The number of ether oxygens (including phenoxy) is 1. The van der Waals surface area contributed by atoms with Gasteiger partial charge in [-0.1, -0.05) is 18.2 Å². The Morgan fingerprint density at radius 1 is 1.11 bits per heavy atom. The highest BCUT2D eigenvalue weighted by atomic mass is 19.1. The van der Waals surface area contributed by atoms with E-state index in [1.807, 2.05) is 6.07 Å². The summed E-state index contributed by atoms with van der Waals surface area (Å²) in [5, 5.41) is 0. The minimum Gasteiger partial charge on any atom is -0.496 e. The summed E-state index contributed by atoms with van der Waals surface area (Å²) in [6, 6.07) is 11.5. The van der Waals surface area contributed by atoms with Crippen molar-refractivity contribution >= 4 is 5.78 Å². The standard InChI is InChI=1S/C15H13FO2/c1-10(17)11-7-8-14(16)13(9-11)12-5-3-4-6-15(12)18-2/h3-9H,1-2H3. The van der Waals surface area contributed by atoms with Gasteiger partial charge in [0.1, 0.15) is 11.6 Å². The molecule has 0 amide bonds. The second-order valence-electron chi connectivity index (χ2n) is 3.95. The van der Waals surface area contributed by atoms with Crippen LogP contribution in [-0.4, -0.2) is 12.9 Å². The van der Waals surface area contributed by atoms with Crippen molar-refractivity contribution in [1.29, 1.82) is 0 Å². The number of rotatable bonds is 3. The van der Waals surface area contributed by atoms with Crippen LogP contribution in [0.2, 0.25) is 0 Å². The van der Waals surface area contributed by atoms with Gasteiger partial charge in [0.15, 0.2) is 5.78 Å². The van der Waals surface area contributed by atoms with Crippen LogP contribution in [0.1, 0.15) is 17.3 Å². The number of benzene rings is 2. The molecular weight excluding hydrogens is 231 g/mol. The molecule has 0 fully saturated rings. The van der Waals surface area contributed by atoms with Gasteiger partial charge in [-0.15, -0.1) is 0 Å². The molecule has 0 saturated heterocycles. The zero-order chi connectivity index (χ0) is 13.1. The lowest BCUT2D eigenvalue weighted by atomic mass is 10.00. The monoisotopic (exact) mass is 244 g/mol. The van der Waals surface area contributed by atoms with E-state index in [2.05, 4.69) is 0 Å². The molecule has 2 aromatic carbocycles. The van der Waals surface area contributed by atoms with Crippen LogP contribution >= 0.6 is 0 Å². The number of hydrogen-bond acceptors (Lipinski definition) is 2. The summed E-state index contributed by atoms with van der Waals surface area (Å²) in [6.07, 6.45) is 0. The molecule has 0 bridgehead atoms. The highest BCUT2D eigenvalue weighted by Crippen LogP contribution is 2.32. The topological polar surface area (TPSA) is 26.3 Å². The van der Waals surface area contributed by atoms with E-state index < -0.39 is 0 Å². The van der Waals surface area contributed by atoms with E-state index in [0.717, 1.165) is 0 Å². The van der Waals surface area contributed by atoms with Crippen molar-refractivity contribution in [3.8, 4) is 16.9 Å². The predicted molar refractivity (Wildman–Crippen MR) is 68.4 cm³/mol. The molecule has 0 atom stereocenters. The molecule has 0 saturated carbocycles. The molecule has 0 radical (unpaired) electrons. The number of halogens is 1. The number of methoxy groups -OCH3 is 1. The van der Waals surface area contributed by atoms with E-state index in [-0.39, 0.29) is 11.6 Å². The fraction of sp³-hybridized carbons (Fsp3) is 0.133. The summed E-state index contributed by atoms with van der Waals surface area (Å²) in [5.41, 5.74) is 1.50. The first-order chi connectivity index (χ1) is 8.63. The van der Waals surface area contributed by atoms with E-state index >= 15 is 0 Å². The molecule has 0 spiro atoms. The molecule has 3 heteroatoms. The highest BCUT2D eigenvalue weighted by Gasteiger charge is 2.12. The normalized spacial score (nSPS) is 10.2. The highest BCUT2D eigenvalue weighted by molar-refractivity contribution is 5.95. The van der Waals surface area contributed by atoms with Crippen molar-refractivity contribution in [2.45, 2.75) is 6.92 Å². The van der Waals surface area contributed by atoms with Crippen LogP contribution in [0.5, 0.6) is 5.75 Å². The number of carbonyl (C=O) groups is 1. The lowest BCUT2D eigenvalue weighted by Crippen LogP contribution is -1.96. The van der Waals surface area contributed by atoms with Crippen LogP contribution in [0.3, 0.4) is 0 Å². The summed E-state index contributed by atoms with van der Waals surface area (Å²) in [4.78, 5) is 11.3. The summed E-state index contributed by atoms with van der Waals surface area (Å²) < 4.78 is 19.1. The maximum atomic E-state index is 13.9. The summed E-state index contributed by atoms with van der Waals surface area (Å²) >= 11 is 0. The molecule has 18 heavy (non-hydrogen) atoms. The average Bonchev–Trinajstić information content (AvgIpc) is 2.39. The summed E-state index contributed by atoms with van der Waals surface area (Å²) in [6.45, 7) is 1.46. The van der Waals surface area contributed by atoms with Crippen molar-refractivity contribution in [2.75, 3.05) is 7.11 Å². The number of ketones is 1. The first-order valence-electron chi connectivity index (χ1n) is 5.57. The van der Waals surface area contributed by atoms with Crippen LogP contribution in [0.4, 0.5) is 4.39 Å². The van der Waals surface area contributed by atoms with Gasteiger partial charge < -0.3 is 4.74 Å². The van der Waals surface area contributed by atoms with Gasteiger partial charge in [0.05, 0.1) is 7.11 Å². The summed E-state index contributed by atoms with van der Waals surface area (Å²) in [7, 11) is 1.53. The molecule has 0 aliphatic heterocycles. The number of para-hydroxylation sites is 1. The minimum atomic E-state index is -0.371. The number of hydrogen-bond donors (Lipinski definition) is 0. The maximum Gasteiger partial charge on any atom is 0.159 e. The zero-order valence-corrected chi connectivity index (χ0v) is 10.2. The van der Waals surface area contributed by atoms with Gasteiger partial charge in [0, 0.05) is 16.7 Å². The van der Waals surface area contributed by atoms with Crippen LogP contribution in [0, 0.1) is 5.82 Å². The molecule has 0 aliphatic carbocycles. The van der Waals surface area contributed by atoms with E-state index in [4.69, 9.17) is 4.74 Å². The Morgan fingerprint density at radius 3 is 2.50 bits per heavy atom. The van der Waals surface area contributed by atoms with Crippen LogP contribution in [-0.2, 0) is 0 Å². The number of Topliss-reactive ketones (excluding diaryl/α,β-unsaturated/α-hetero) is 1. The molecule has 0 heterocycles. The van der Waals surface area contributed by atoms with Gasteiger partial charge in [-0.2, -0.15) is 0 Å². The van der Waals surface area contributed by atoms with E-state index in [9.17, 15) is 9.18 Å². The Bertz CT molecular complexity index is 591. The molecule has 92 valence electrons. The summed E-state index contributed by atoms with van der Waals surface area (Å²) in [5.74, 6) is 0.118. The quantitative estimate of drug-likeness (QED) is 0.769. The smallest absolute Gasteiger partial charge is 0.159 e. The van der Waals surface area contributed by atoms with E-state index in [1.165, 1.54) is 26.2 Å². The van der Waals surface area contributed by atoms with Crippen molar-refractivity contribution < 1.29 is 13.9 Å². The van der Waals surface area contributed by atoms with Crippen LogP contribution in [0.25, 0.3) is 11.1 Å². The van der Waals surface area contributed by atoms with E-state index in [1.54, 1.807) is 24.3 Å². The van der Waals surface area contributed by atoms with Crippen molar-refractivity contribution in [3.63, 3.8) is 0 Å². The Morgan fingerprint density at radius 2 is 1.83 bits per heavy atom.